The summed E-state index contributed by atoms with van der Waals surface area (Å²) in [6.07, 6.45) is 2.35. The number of hydrogen-bond donors (Lipinski definition) is 1. The molecular formula is C21H25ClN2O3. The lowest BCUT2D eigenvalue weighted by Gasteiger charge is -2.32. The number of halogens is 1. The maximum Gasteiger partial charge on any atom is 0.259 e. The zero-order valence-corrected chi connectivity index (χ0v) is 16.7. The van der Waals surface area contributed by atoms with Crippen LogP contribution in [0.4, 0.5) is 11.4 Å². The van der Waals surface area contributed by atoms with Crippen LogP contribution in [0.3, 0.4) is 0 Å². The van der Waals surface area contributed by atoms with E-state index >= 15 is 0 Å². The molecule has 0 radical (unpaired) electrons. The first-order valence-electron chi connectivity index (χ1n) is 9.09. The van der Waals surface area contributed by atoms with Crippen LogP contribution in [0.5, 0.6) is 11.5 Å². The maximum atomic E-state index is 12.6. The van der Waals surface area contributed by atoms with Crippen LogP contribution < -0.4 is 19.7 Å². The Balaban J connectivity index is 1.74. The number of benzene rings is 2. The average molecular weight is 389 g/mol. The molecule has 0 saturated carbocycles. The molecule has 144 valence electrons. The number of rotatable bonds is 5. The lowest BCUT2D eigenvalue weighted by Crippen LogP contribution is -2.32. The summed E-state index contributed by atoms with van der Waals surface area (Å²) in [4.78, 5) is 14.9. The van der Waals surface area contributed by atoms with Gasteiger partial charge in [0.15, 0.2) is 0 Å². The molecule has 1 amide bonds. The second-order valence-corrected chi connectivity index (χ2v) is 7.26. The molecule has 1 heterocycles. The monoisotopic (exact) mass is 388 g/mol. The third-order valence-corrected chi connectivity index (χ3v) is 5.29. The Morgan fingerprint density at radius 2 is 1.85 bits per heavy atom. The summed E-state index contributed by atoms with van der Waals surface area (Å²) in [5.41, 5.74) is 2.10. The maximum absolute atomic E-state index is 12.6. The first kappa shape index (κ1) is 19.4. The SMILES string of the molecule is COc1ccc(C(=O)Nc2ccc(N3CCC(C)CC3)c(Cl)c2)c(OC)c1. The van der Waals surface area contributed by atoms with Crippen molar-refractivity contribution < 1.29 is 14.3 Å². The highest BCUT2D eigenvalue weighted by molar-refractivity contribution is 6.33. The van der Waals surface area contributed by atoms with Crippen molar-refractivity contribution in [3.63, 3.8) is 0 Å². The van der Waals surface area contributed by atoms with Gasteiger partial charge < -0.3 is 19.7 Å². The standard InChI is InChI=1S/C21H25ClN2O3/c1-14-8-10-24(11-9-14)19-7-4-15(12-18(19)22)23-21(25)17-6-5-16(26-2)13-20(17)27-3/h4-7,12-14H,8-11H2,1-3H3,(H,23,25). The van der Waals surface area contributed by atoms with Gasteiger partial charge in [0, 0.05) is 24.8 Å². The number of amides is 1. The molecule has 1 N–H and O–H groups in total. The molecule has 0 aromatic heterocycles. The Labute approximate surface area is 165 Å². The summed E-state index contributed by atoms with van der Waals surface area (Å²) in [6.45, 7) is 4.30. The fourth-order valence-electron chi connectivity index (χ4n) is 3.28. The summed E-state index contributed by atoms with van der Waals surface area (Å²) in [5.74, 6) is 1.59. The van der Waals surface area contributed by atoms with Crippen molar-refractivity contribution in [3.05, 3.63) is 47.0 Å². The number of hydrogen-bond acceptors (Lipinski definition) is 4. The molecule has 2 aromatic carbocycles. The van der Waals surface area contributed by atoms with Crippen LogP contribution in [0, 0.1) is 5.92 Å². The molecule has 2 aromatic rings. The number of methoxy groups -OCH3 is 2. The molecule has 0 bridgehead atoms. The van der Waals surface area contributed by atoms with E-state index < -0.39 is 0 Å². The molecule has 0 atom stereocenters. The third-order valence-electron chi connectivity index (χ3n) is 4.98. The van der Waals surface area contributed by atoms with Crippen LogP contribution in [0.2, 0.25) is 5.02 Å². The predicted molar refractivity (Wildman–Crippen MR) is 110 cm³/mol. The van der Waals surface area contributed by atoms with Crippen LogP contribution in [0.25, 0.3) is 0 Å². The van der Waals surface area contributed by atoms with Crippen LogP contribution in [0.1, 0.15) is 30.1 Å². The lowest BCUT2D eigenvalue weighted by molar-refractivity contribution is 0.102. The highest BCUT2D eigenvalue weighted by Crippen LogP contribution is 2.32. The van der Waals surface area contributed by atoms with Crippen LogP contribution in [-0.2, 0) is 0 Å². The van der Waals surface area contributed by atoms with Gasteiger partial charge >= 0.3 is 0 Å². The van der Waals surface area contributed by atoms with Gasteiger partial charge in [-0.25, -0.2) is 0 Å². The molecule has 1 fully saturated rings. The van der Waals surface area contributed by atoms with Crippen molar-refractivity contribution in [1.82, 2.24) is 0 Å². The van der Waals surface area contributed by atoms with Crippen molar-refractivity contribution in [2.45, 2.75) is 19.8 Å². The van der Waals surface area contributed by atoms with E-state index in [9.17, 15) is 4.79 Å². The molecule has 1 aliphatic rings. The highest BCUT2D eigenvalue weighted by atomic mass is 35.5. The molecule has 0 unspecified atom stereocenters. The Kier molecular flexibility index (Phi) is 6.11. The fourth-order valence-corrected chi connectivity index (χ4v) is 3.58. The van der Waals surface area contributed by atoms with E-state index in [1.165, 1.54) is 20.0 Å². The first-order chi connectivity index (χ1) is 13.0. The van der Waals surface area contributed by atoms with Gasteiger partial charge in [-0.3, -0.25) is 4.79 Å². The van der Waals surface area contributed by atoms with E-state index in [4.69, 9.17) is 21.1 Å². The third kappa shape index (κ3) is 4.48. The van der Waals surface area contributed by atoms with Crippen molar-refractivity contribution in [1.29, 1.82) is 0 Å². The minimum absolute atomic E-state index is 0.259. The summed E-state index contributed by atoms with van der Waals surface area (Å²) in [5, 5.41) is 3.53. The number of nitrogens with zero attached hydrogens (tertiary/aromatic N) is 1. The van der Waals surface area contributed by atoms with Gasteiger partial charge in [-0.2, -0.15) is 0 Å². The van der Waals surface area contributed by atoms with Gasteiger partial charge in [0.2, 0.25) is 0 Å². The summed E-state index contributed by atoms with van der Waals surface area (Å²) >= 11 is 6.49. The Morgan fingerprint density at radius 3 is 2.48 bits per heavy atom. The minimum Gasteiger partial charge on any atom is -0.497 e. The number of nitrogens with one attached hydrogen (secondary N) is 1. The quantitative estimate of drug-likeness (QED) is 0.795. The van der Waals surface area contributed by atoms with Gasteiger partial charge in [0.05, 0.1) is 30.5 Å². The Morgan fingerprint density at radius 1 is 1.11 bits per heavy atom. The van der Waals surface area contributed by atoms with Gasteiger partial charge in [0.25, 0.3) is 5.91 Å². The fraction of sp³-hybridized carbons (Fsp3) is 0.381. The highest BCUT2D eigenvalue weighted by Gasteiger charge is 2.19. The molecule has 1 saturated heterocycles. The number of anilines is 2. The topological polar surface area (TPSA) is 50.8 Å². The second kappa shape index (κ2) is 8.53. The molecule has 27 heavy (non-hydrogen) atoms. The van der Waals surface area contributed by atoms with Gasteiger partial charge in [-0.05, 0) is 49.1 Å². The van der Waals surface area contributed by atoms with Gasteiger partial charge in [0.1, 0.15) is 11.5 Å². The van der Waals surface area contributed by atoms with E-state index in [-0.39, 0.29) is 5.91 Å². The first-order valence-corrected chi connectivity index (χ1v) is 9.47. The largest absolute Gasteiger partial charge is 0.497 e. The smallest absolute Gasteiger partial charge is 0.259 e. The van der Waals surface area contributed by atoms with Crippen molar-refractivity contribution >= 4 is 28.9 Å². The molecule has 3 rings (SSSR count). The number of carbonyl (C=O) groups is 1. The zero-order chi connectivity index (χ0) is 19.4. The molecule has 5 nitrogen and oxygen atoms in total. The van der Waals surface area contributed by atoms with E-state index in [1.54, 1.807) is 31.4 Å². The van der Waals surface area contributed by atoms with E-state index in [0.717, 1.165) is 24.7 Å². The second-order valence-electron chi connectivity index (χ2n) is 6.86. The molecule has 1 aliphatic heterocycles. The lowest BCUT2D eigenvalue weighted by atomic mass is 9.99. The van der Waals surface area contributed by atoms with Gasteiger partial charge in [-0.15, -0.1) is 0 Å². The predicted octanol–water partition coefficient (Wildman–Crippen LogP) is 4.85. The van der Waals surface area contributed by atoms with Crippen molar-refractivity contribution in [2.24, 2.45) is 5.92 Å². The summed E-state index contributed by atoms with van der Waals surface area (Å²) in [6, 6.07) is 10.7. The van der Waals surface area contributed by atoms with Crippen molar-refractivity contribution in [3.8, 4) is 11.5 Å². The molecule has 0 spiro atoms. The number of piperidine rings is 1. The van der Waals surface area contributed by atoms with E-state index in [0.29, 0.717) is 27.8 Å². The van der Waals surface area contributed by atoms with Crippen LogP contribution in [-0.4, -0.2) is 33.2 Å². The van der Waals surface area contributed by atoms with E-state index in [1.807, 2.05) is 12.1 Å². The minimum atomic E-state index is -0.259. The summed E-state index contributed by atoms with van der Waals surface area (Å²) < 4.78 is 10.5. The molecule has 0 aliphatic carbocycles. The molecular weight excluding hydrogens is 364 g/mol. The van der Waals surface area contributed by atoms with Gasteiger partial charge in [-0.1, -0.05) is 18.5 Å². The average Bonchev–Trinajstić information content (AvgIpc) is 2.68. The Hall–Kier alpha value is -2.40. The van der Waals surface area contributed by atoms with Crippen LogP contribution >= 0.6 is 11.6 Å². The number of carbonyl (C=O) groups excluding carboxylic acids is 1. The zero-order valence-electron chi connectivity index (χ0n) is 15.9. The normalized spacial score (nSPS) is 14.7. The Bertz CT molecular complexity index is 817. The molecule has 6 heteroatoms. The van der Waals surface area contributed by atoms with Crippen LogP contribution in [0.15, 0.2) is 36.4 Å². The summed E-state index contributed by atoms with van der Waals surface area (Å²) in [7, 11) is 3.09. The number of ether oxygens (including phenoxy) is 2. The van der Waals surface area contributed by atoms with E-state index in [2.05, 4.69) is 17.1 Å². The van der Waals surface area contributed by atoms with Crippen molar-refractivity contribution in [2.75, 3.05) is 37.5 Å².